The number of aryl methyl sites for hydroxylation is 2. The summed E-state index contributed by atoms with van der Waals surface area (Å²) in [7, 11) is 0. The predicted molar refractivity (Wildman–Crippen MR) is 137 cm³/mol. The molecule has 1 saturated heterocycles. The standard InChI is InChI=1S/C25H28N6O4S/c1-4-29-23(21-10-7-13-30(21)24(33)19-9-6-5-8-16(19)2)27-28-25(29)36-15-22(32)26-20-14-18(31(34)35)12-11-17(20)3/h5-6,8-9,11-12,14,21H,4,7,10,13,15H2,1-3H3,(H,26,32). The van der Waals surface area contributed by atoms with Gasteiger partial charge in [0.2, 0.25) is 5.91 Å². The molecule has 1 fully saturated rings. The van der Waals surface area contributed by atoms with Crippen LogP contribution >= 0.6 is 11.8 Å². The topological polar surface area (TPSA) is 123 Å². The Labute approximate surface area is 213 Å². The molecule has 1 unspecified atom stereocenters. The van der Waals surface area contributed by atoms with E-state index in [0.717, 1.165) is 29.8 Å². The van der Waals surface area contributed by atoms with E-state index < -0.39 is 4.92 Å². The number of nitro benzene ring substituents is 1. The van der Waals surface area contributed by atoms with E-state index in [-0.39, 0.29) is 29.3 Å². The summed E-state index contributed by atoms with van der Waals surface area (Å²) in [5.41, 5.74) is 2.68. The number of nitro groups is 1. The Hall–Kier alpha value is -3.73. The van der Waals surface area contributed by atoms with E-state index in [1.165, 1.54) is 23.9 Å². The normalized spacial score (nSPS) is 15.2. The zero-order valence-corrected chi connectivity index (χ0v) is 21.2. The highest BCUT2D eigenvalue weighted by molar-refractivity contribution is 7.99. The average Bonchev–Trinajstić information content (AvgIpc) is 3.50. The number of nitrogens with zero attached hydrogens (tertiary/aromatic N) is 5. The summed E-state index contributed by atoms with van der Waals surface area (Å²) in [4.78, 5) is 38.3. The molecule has 11 heteroatoms. The molecular weight excluding hydrogens is 480 g/mol. The molecule has 1 atom stereocenters. The van der Waals surface area contributed by atoms with Gasteiger partial charge in [-0.05, 0) is 50.8 Å². The van der Waals surface area contributed by atoms with Crippen molar-refractivity contribution in [2.75, 3.05) is 17.6 Å². The van der Waals surface area contributed by atoms with Gasteiger partial charge in [-0.2, -0.15) is 0 Å². The number of amides is 2. The van der Waals surface area contributed by atoms with Crippen LogP contribution in [0.4, 0.5) is 11.4 Å². The van der Waals surface area contributed by atoms with Crippen molar-refractivity contribution < 1.29 is 14.5 Å². The van der Waals surface area contributed by atoms with Gasteiger partial charge in [-0.15, -0.1) is 10.2 Å². The van der Waals surface area contributed by atoms with Gasteiger partial charge in [0.25, 0.3) is 11.6 Å². The lowest BCUT2D eigenvalue weighted by Gasteiger charge is -2.25. The fourth-order valence-corrected chi connectivity index (χ4v) is 5.18. The van der Waals surface area contributed by atoms with E-state index in [1.807, 2.05) is 47.6 Å². The Morgan fingerprint density at radius 3 is 2.67 bits per heavy atom. The molecule has 1 aliphatic heterocycles. The van der Waals surface area contributed by atoms with Crippen LogP contribution in [0.1, 0.15) is 53.1 Å². The minimum Gasteiger partial charge on any atom is -0.328 e. The van der Waals surface area contributed by atoms with Crippen molar-refractivity contribution >= 4 is 35.0 Å². The molecule has 0 radical (unpaired) electrons. The average molecular weight is 509 g/mol. The first-order chi connectivity index (χ1) is 17.3. The van der Waals surface area contributed by atoms with E-state index in [4.69, 9.17) is 0 Å². The summed E-state index contributed by atoms with van der Waals surface area (Å²) < 4.78 is 1.95. The number of hydrogen-bond acceptors (Lipinski definition) is 7. The summed E-state index contributed by atoms with van der Waals surface area (Å²) in [6, 6.07) is 11.7. The van der Waals surface area contributed by atoms with Crippen LogP contribution in [0, 0.1) is 24.0 Å². The summed E-state index contributed by atoms with van der Waals surface area (Å²) in [5, 5.41) is 23.1. The maximum absolute atomic E-state index is 13.3. The number of rotatable bonds is 8. The molecule has 2 amide bonds. The molecule has 0 spiro atoms. The van der Waals surface area contributed by atoms with Crippen molar-refractivity contribution in [1.29, 1.82) is 0 Å². The lowest BCUT2D eigenvalue weighted by molar-refractivity contribution is -0.384. The van der Waals surface area contributed by atoms with Gasteiger partial charge in [0.05, 0.1) is 22.4 Å². The zero-order chi connectivity index (χ0) is 25.8. The van der Waals surface area contributed by atoms with Crippen molar-refractivity contribution in [3.8, 4) is 0 Å². The molecule has 0 aliphatic carbocycles. The maximum Gasteiger partial charge on any atom is 0.271 e. The number of carbonyl (C=O) groups is 2. The molecule has 2 heterocycles. The van der Waals surface area contributed by atoms with E-state index in [0.29, 0.717) is 29.5 Å². The van der Waals surface area contributed by atoms with Crippen LogP contribution in [0.2, 0.25) is 0 Å². The Balaban J connectivity index is 1.47. The highest BCUT2D eigenvalue weighted by atomic mass is 32.2. The molecule has 3 aromatic rings. The smallest absolute Gasteiger partial charge is 0.271 e. The first kappa shape index (κ1) is 25.4. The largest absolute Gasteiger partial charge is 0.328 e. The van der Waals surface area contributed by atoms with Crippen LogP contribution in [0.15, 0.2) is 47.6 Å². The van der Waals surface area contributed by atoms with Crippen LogP contribution in [-0.4, -0.2) is 48.7 Å². The lowest BCUT2D eigenvalue weighted by Crippen LogP contribution is -2.32. The quantitative estimate of drug-likeness (QED) is 0.269. The van der Waals surface area contributed by atoms with Gasteiger partial charge in [0.15, 0.2) is 11.0 Å². The number of hydrogen-bond donors (Lipinski definition) is 1. The number of benzene rings is 2. The third-order valence-corrected chi connectivity index (χ3v) is 7.25. The minimum absolute atomic E-state index is 0.0119. The molecule has 2 aromatic carbocycles. The number of aromatic nitrogens is 3. The summed E-state index contributed by atoms with van der Waals surface area (Å²) >= 11 is 1.24. The van der Waals surface area contributed by atoms with E-state index in [1.54, 1.807) is 13.0 Å². The van der Waals surface area contributed by atoms with Gasteiger partial charge in [0.1, 0.15) is 0 Å². The molecule has 1 aromatic heterocycles. The van der Waals surface area contributed by atoms with Crippen LogP contribution in [0.5, 0.6) is 0 Å². The first-order valence-electron chi connectivity index (χ1n) is 11.8. The van der Waals surface area contributed by atoms with Crippen molar-refractivity contribution in [1.82, 2.24) is 19.7 Å². The Bertz CT molecular complexity index is 1310. The highest BCUT2D eigenvalue weighted by Crippen LogP contribution is 2.34. The zero-order valence-electron chi connectivity index (χ0n) is 20.4. The monoisotopic (exact) mass is 508 g/mol. The predicted octanol–water partition coefficient (Wildman–Crippen LogP) is 4.53. The lowest BCUT2D eigenvalue weighted by atomic mass is 10.1. The second-order valence-corrected chi connectivity index (χ2v) is 9.59. The van der Waals surface area contributed by atoms with Crippen LogP contribution < -0.4 is 5.32 Å². The first-order valence-corrected chi connectivity index (χ1v) is 12.8. The molecule has 1 N–H and O–H groups in total. The van der Waals surface area contributed by atoms with E-state index in [9.17, 15) is 19.7 Å². The Morgan fingerprint density at radius 2 is 1.94 bits per heavy atom. The minimum atomic E-state index is -0.495. The Morgan fingerprint density at radius 1 is 1.17 bits per heavy atom. The van der Waals surface area contributed by atoms with Gasteiger partial charge in [-0.3, -0.25) is 19.7 Å². The number of non-ortho nitro benzene ring substituents is 1. The molecule has 1 aliphatic rings. The fraction of sp³-hybridized carbons (Fsp3) is 0.360. The fourth-order valence-electron chi connectivity index (χ4n) is 4.37. The van der Waals surface area contributed by atoms with E-state index >= 15 is 0 Å². The maximum atomic E-state index is 13.3. The number of nitrogens with one attached hydrogen (secondary N) is 1. The van der Waals surface area contributed by atoms with Gasteiger partial charge < -0.3 is 14.8 Å². The number of likely N-dealkylation sites (tertiary alicyclic amines) is 1. The van der Waals surface area contributed by atoms with Crippen molar-refractivity contribution in [2.24, 2.45) is 0 Å². The summed E-state index contributed by atoms with van der Waals surface area (Å²) in [6.45, 7) is 6.94. The van der Waals surface area contributed by atoms with Crippen molar-refractivity contribution in [2.45, 2.75) is 51.4 Å². The molecule has 0 bridgehead atoms. The van der Waals surface area contributed by atoms with E-state index in [2.05, 4.69) is 15.5 Å². The third kappa shape index (κ3) is 5.25. The number of anilines is 1. The summed E-state index contributed by atoms with van der Waals surface area (Å²) in [6.07, 6.45) is 1.68. The highest BCUT2D eigenvalue weighted by Gasteiger charge is 2.35. The van der Waals surface area contributed by atoms with Crippen LogP contribution in [0.3, 0.4) is 0 Å². The van der Waals surface area contributed by atoms with Crippen LogP contribution in [0.25, 0.3) is 0 Å². The van der Waals surface area contributed by atoms with Crippen molar-refractivity contribution in [3.05, 3.63) is 75.1 Å². The van der Waals surface area contributed by atoms with Gasteiger partial charge in [-0.1, -0.05) is 36.0 Å². The molecule has 0 saturated carbocycles. The summed E-state index contributed by atoms with van der Waals surface area (Å²) in [5.74, 6) is 0.473. The molecule has 4 rings (SSSR count). The van der Waals surface area contributed by atoms with Gasteiger partial charge in [-0.25, -0.2) is 0 Å². The van der Waals surface area contributed by atoms with Gasteiger partial charge >= 0.3 is 0 Å². The Kier molecular flexibility index (Phi) is 7.68. The molecular formula is C25H28N6O4S. The van der Waals surface area contributed by atoms with Gasteiger partial charge in [0, 0.05) is 30.8 Å². The molecule has 10 nitrogen and oxygen atoms in total. The second kappa shape index (κ2) is 10.9. The molecule has 188 valence electrons. The van der Waals surface area contributed by atoms with Crippen LogP contribution in [-0.2, 0) is 11.3 Å². The third-order valence-electron chi connectivity index (χ3n) is 6.29. The van der Waals surface area contributed by atoms with Crippen molar-refractivity contribution in [3.63, 3.8) is 0 Å². The SMILES string of the molecule is CCn1c(SCC(=O)Nc2cc([N+](=O)[O-])ccc2C)nnc1C1CCCN1C(=O)c1ccccc1C. The number of thioether (sulfide) groups is 1. The molecule has 36 heavy (non-hydrogen) atoms. The second-order valence-electron chi connectivity index (χ2n) is 8.65. The number of carbonyl (C=O) groups excluding carboxylic acids is 2.